The van der Waals surface area contributed by atoms with Crippen molar-refractivity contribution in [3.05, 3.63) is 29.8 Å². The molecule has 1 aromatic carbocycles. The molecule has 1 aliphatic heterocycles. The predicted octanol–water partition coefficient (Wildman–Crippen LogP) is 2.79. The third-order valence-electron chi connectivity index (χ3n) is 5.55. The number of likely N-dealkylation sites (tertiary alicyclic amines) is 1. The average molecular weight is 387 g/mol. The summed E-state index contributed by atoms with van der Waals surface area (Å²) >= 11 is 0. The molecule has 0 atom stereocenters. The van der Waals surface area contributed by atoms with Crippen LogP contribution >= 0.6 is 0 Å². The van der Waals surface area contributed by atoms with Gasteiger partial charge in [-0.25, -0.2) is 4.99 Å². The number of ether oxygens (including phenoxy) is 1. The molecule has 2 N–H and O–H groups in total. The molecule has 0 aromatic heterocycles. The largest absolute Gasteiger partial charge is 0.493 e. The van der Waals surface area contributed by atoms with Gasteiger partial charge in [0.1, 0.15) is 5.75 Å². The summed E-state index contributed by atoms with van der Waals surface area (Å²) in [7, 11) is 1.71. The molecular weight excluding hydrogens is 352 g/mol. The fraction of sp³-hybridized carbons (Fsp3) is 0.636. The molecule has 0 spiro atoms. The Morgan fingerprint density at radius 3 is 2.61 bits per heavy atom. The smallest absolute Gasteiger partial charge is 0.220 e. The first-order valence-corrected chi connectivity index (χ1v) is 10.6. The maximum atomic E-state index is 11.6. The molecule has 1 aromatic rings. The SMILES string of the molecule is CCNC(=NCc1ccccc1OCC1CC1)N1CCC(CC(=O)NC)CC1. The molecule has 0 unspecified atom stereocenters. The van der Waals surface area contributed by atoms with Crippen LogP contribution in [0.4, 0.5) is 0 Å². The summed E-state index contributed by atoms with van der Waals surface area (Å²) in [5, 5.41) is 6.16. The standard InChI is InChI=1S/C22H34N4O2/c1-3-24-22(26-12-10-17(11-13-26)14-21(27)23-2)25-15-19-6-4-5-7-20(19)28-16-18-8-9-18/h4-7,17-18H,3,8-16H2,1-2H3,(H,23,27)(H,24,25). The van der Waals surface area contributed by atoms with Crippen LogP contribution in [0.1, 0.15) is 44.6 Å². The monoisotopic (exact) mass is 386 g/mol. The van der Waals surface area contributed by atoms with E-state index in [-0.39, 0.29) is 5.91 Å². The number of guanidine groups is 1. The van der Waals surface area contributed by atoms with Crippen molar-refractivity contribution in [2.45, 2.75) is 45.6 Å². The van der Waals surface area contributed by atoms with E-state index in [4.69, 9.17) is 9.73 Å². The molecule has 0 bridgehead atoms. The Balaban J connectivity index is 1.58. The quantitative estimate of drug-likeness (QED) is 0.533. The summed E-state index contributed by atoms with van der Waals surface area (Å²) in [6, 6.07) is 8.22. The van der Waals surface area contributed by atoms with Crippen LogP contribution in [0.5, 0.6) is 5.75 Å². The van der Waals surface area contributed by atoms with Crippen LogP contribution in [0.3, 0.4) is 0 Å². The minimum absolute atomic E-state index is 0.141. The highest BCUT2D eigenvalue weighted by Gasteiger charge is 2.24. The van der Waals surface area contributed by atoms with Crippen molar-refractivity contribution in [3.8, 4) is 5.75 Å². The second kappa shape index (κ2) is 10.3. The van der Waals surface area contributed by atoms with E-state index in [0.29, 0.717) is 18.9 Å². The maximum Gasteiger partial charge on any atom is 0.220 e. The normalized spacial score (nSPS) is 18.1. The number of nitrogens with one attached hydrogen (secondary N) is 2. The fourth-order valence-corrected chi connectivity index (χ4v) is 3.57. The number of piperidine rings is 1. The van der Waals surface area contributed by atoms with Crippen LogP contribution in [0.15, 0.2) is 29.3 Å². The van der Waals surface area contributed by atoms with Gasteiger partial charge in [-0.05, 0) is 50.5 Å². The highest BCUT2D eigenvalue weighted by atomic mass is 16.5. The lowest BCUT2D eigenvalue weighted by molar-refractivity contribution is -0.121. The van der Waals surface area contributed by atoms with Gasteiger partial charge < -0.3 is 20.3 Å². The number of carbonyl (C=O) groups is 1. The lowest BCUT2D eigenvalue weighted by atomic mass is 9.93. The molecule has 2 fully saturated rings. The van der Waals surface area contributed by atoms with E-state index in [0.717, 1.165) is 62.3 Å². The molecule has 1 aliphatic carbocycles. The third kappa shape index (κ3) is 6.14. The lowest BCUT2D eigenvalue weighted by Crippen LogP contribution is -2.46. The van der Waals surface area contributed by atoms with Crippen molar-refractivity contribution in [1.29, 1.82) is 0 Å². The van der Waals surface area contributed by atoms with Crippen LogP contribution in [0.2, 0.25) is 0 Å². The van der Waals surface area contributed by atoms with Gasteiger partial charge >= 0.3 is 0 Å². The van der Waals surface area contributed by atoms with Crippen molar-refractivity contribution in [1.82, 2.24) is 15.5 Å². The van der Waals surface area contributed by atoms with E-state index in [1.165, 1.54) is 12.8 Å². The number of hydrogen-bond acceptors (Lipinski definition) is 3. The zero-order chi connectivity index (χ0) is 19.8. The number of para-hydroxylation sites is 1. The van der Waals surface area contributed by atoms with Gasteiger partial charge in [-0.1, -0.05) is 18.2 Å². The summed E-state index contributed by atoms with van der Waals surface area (Å²) < 4.78 is 6.02. The maximum absolute atomic E-state index is 11.6. The summed E-state index contributed by atoms with van der Waals surface area (Å²) in [6.07, 6.45) is 5.27. The van der Waals surface area contributed by atoms with Crippen LogP contribution < -0.4 is 15.4 Å². The second-order valence-electron chi connectivity index (χ2n) is 7.84. The van der Waals surface area contributed by atoms with Crippen LogP contribution in [-0.4, -0.2) is 50.1 Å². The molecule has 6 heteroatoms. The van der Waals surface area contributed by atoms with Gasteiger partial charge in [0.15, 0.2) is 5.96 Å². The highest BCUT2D eigenvalue weighted by molar-refractivity contribution is 5.80. The molecule has 3 rings (SSSR count). The van der Waals surface area contributed by atoms with E-state index >= 15 is 0 Å². The Labute approximate surface area is 168 Å². The van der Waals surface area contributed by atoms with E-state index in [9.17, 15) is 4.79 Å². The molecule has 1 saturated heterocycles. The van der Waals surface area contributed by atoms with Crippen molar-refractivity contribution in [2.24, 2.45) is 16.8 Å². The summed E-state index contributed by atoms with van der Waals surface area (Å²) in [4.78, 5) is 18.8. The molecule has 0 radical (unpaired) electrons. The Hall–Kier alpha value is -2.24. The zero-order valence-corrected chi connectivity index (χ0v) is 17.2. The molecule has 2 aliphatic rings. The number of amides is 1. The first-order chi connectivity index (χ1) is 13.7. The number of benzene rings is 1. The van der Waals surface area contributed by atoms with E-state index in [1.54, 1.807) is 7.05 Å². The predicted molar refractivity (Wildman–Crippen MR) is 112 cm³/mol. The van der Waals surface area contributed by atoms with Gasteiger partial charge in [0, 0.05) is 38.7 Å². The second-order valence-corrected chi connectivity index (χ2v) is 7.84. The number of rotatable bonds is 8. The van der Waals surface area contributed by atoms with Gasteiger partial charge in [0.05, 0.1) is 13.2 Å². The first kappa shape index (κ1) is 20.5. The molecular formula is C22H34N4O2. The van der Waals surface area contributed by atoms with Gasteiger partial charge in [-0.15, -0.1) is 0 Å². The summed E-state index contributed by atoms with van der Waals surface area (Å²) in [5.41, 5.74) is 1.13. The summed E-state index contributed by atoms with van der Waals surface area (Å²) in [6.45, 7) is 6.25. The molecule has 28 heavy (non-hydrogen) atoms. The molecule has 6 nitrogen and oxygen atoms in total. The molecule has 1 amide bonds. The molecule has 1 heterocycles. The minimum atomic E-state index is 0.141. The van der Waals surface area contributed by atoms with Crippen molar-refractivity contribution < 1.29 is 9.53 Å². The van der Waals surface area contributed by atoms with Crippen LogP contribution in [-0.2, 0) is 11.3 Å². The highest BCUT2D eigenvalue weighted by Crippen LogP contribution is 2.30. The van der Waals surface area contributed by atoms with Gasteiger partial charge in [-0.2, -0.15) is 0 Å². The Kier molecular flexibility index (Phi) is 7.57. The zero-order valence-electron chi connectivity index (χ0n) is 17.2. The molecule has 1 saturated carbocycles. The number of aliphatic imine (C=N–C) groups is 1. The lowest BCUT2D eigenvalue weighted by Gasteiger charge is -2.34. The van der Waals surface area contributed by atoms with Crippen molar-refractivity contribution in [3.63, 3.8) is 0 Å². The van der Waals surface area contributed by atoms with E-state index in [2.05, 4.69) is 28.5 Å². The van der Waals surface area contributed by atoms with Crippen LogP contribution in [0.25, 0.3) is 0 Å². The summed E-state index contributed by atoms with van der Waals surface area (Å²) in [5.74, 6) is 3.26. The Bertz CT molecular complexity index is 664. The number of nitrogens with zero attached hydrogens (tertiary/aromatic N) is 2. The van der Waals surface area contributed by atoms with Crippen LogP contribution in [0, 0.1) is 11.8 Å². The van der Waals surface area contributed by atoms with Crippen molar-refractivity contribution >= 4 is 11.9 Å². The van der Waals surface area contributed by atoms with E-state index < -0.39 is 0 Å². The average Bonchev–Trinajstić information content (AvgIpc) is 3.55. The fourth-order valence-electron chi connectivity index (χ4n) is 3.57. The van der Waals surface area contributed by atoms with Crippen molar-refractivity contribution in [2.75, 3.05) is 33.3 Å². The van der Waals surface area contributed by atoms with Gasteiger partial charge in [0.25, 0.3) is 0 Å². The van der Waals surface area contributed by atoms with E-state index in [1.807, 2.05) is 18.2 Å². The minimum Gasteiger partial charge on any atom is -0.493 e. The third-order valence-corrected chi connectivity index (χ3v) is 5.55. The topological polar surface area (TPSA) is 66.0 Å². The number of hydrogen-bond donors (Lipinski definition) is 2. The van der Waals surface area contributed by atoms with Gasteiger partial charge in [-0.3, -0.25) is 4.79 Å². The Morgan fingerprint density at radius 1 is 1.18 bits per heavy atom. The first-order valence-electron chi connectivity index (χ1n) is 10.6. The molecule has 154 valence electrons. The number of carbonyl (C=O) groups excluding carboxylic acids is 1. The Morgan fingerprint density at radius 2 is 1.93 bits per heavy atom. The van der Waals surface area contributed by atoms with Gasteiger partial charge in [0.2, 0.25) is 5.91 Å².